The third kappa shape index (κ3) is 5.67. The highest BCUT2D eigenvalue weighted by Crippen LogP contribution is 2.24. The maximum absolute atomic E-state index is 13.2. The van der Waals surface area contributed by atoms with E-state index in [1.54, 1.807) is 4.57 Å². The molecule has 2 aliphatic rings. The summed E-state index contributed by atoms with van der Waals surface area (Å²) < 4.78 is 7.17. The fraction of sp³-hybridized carbons (Fsp3) is 0.609. The van der Waals surface area contributed by atoms with Crippen molar-refractivity contribution in [3.8, 4) is 0 Å². The summed E-state index contributed by atoms with van der Waals surface area (Å²) in [5, 5.41) is 4.11. The molecular weight excluding hydrogens is 412 g/mol. The second-order valence-electron chi connectivity index (χ2n) is 8.43. The van der Waals surface area contributed by atoms with E-state index in [2.05, 4.69) is 10.2 Å². The highest BCUT2D eigenvalue weighted by atomic mass is 32.2. The molecule has 31 heavy (non-hydrogen) atoms. The standard InChI is InChI=1S/C23H32N4O3S/c1-17(21(28)24-18-7-2-3-8-18)31-23-25-20-10-5-4-9-19(20)22(29)27(23)12-6-11-26-13-15-30-16-14-26/h4-5,9-10,17-18H,2-3,6-8,11-16H2,1H3,(H,24,28)/t17-/m0/s1. The van der Waals surface area contributed by atoms with E-state index >= 15 is 0 Å². The minimum absolute atomic E-state index is 0.0270. The predicted octanol–water partition coefficient (Wildman–Crippen LogP) is 2.66. The van der Waals surface area contributed by atoms with Crippen LogP contribution >= 0.6 is 11.8 Å². The van der Waals surface area contributed by atoms with Gasteiger partial charge in [-0.05, 0) is 38.3 Å². The number of carbonyl (C=O) groups is 1. The lowest BCUT2D eigenvalue weighted by Gasteiger charge is -2.26. The van der Waals surface area contributed by atoms with Crippen molar-refractivity contribution in [3.63, 3.8) is 0 Å². The van der Waals surface area contributed by atoms with Gasteiger partial charge in [-0.25, -0.2) is 4.98 Å². The molecule has 4 rings (SSSR count). The lowest BCUT2D eigenvalue weighted by atomic mass is 10.2. The zero-order chi connectivity index (χ0) is 21.6. The first-order valence-corrected chi connectivity index (χ1v) is 12.3. The number of aromatic nitrogens is 2. The first-order chi connectivity index (χ1) is 15.1. The third-order valence-electron chi connectivity index (χ3n) is 6.14. The number of nitrogens with one attached hydrogen (secondary N) is 1. The van der Waals surface area contributed by atoms with E-state index < -0.39 is 0 Å². The number of thioether (sulfide) groups is 1. The molecule has 1 amide bonds. The Bertz CT molecular complexity index is 951. The molecule has 0 radical (unpaired) electrons. The molecule has 0 bridgehead atoms. The van der Waals surface area contributed by atoms with Crippen LogP contribution < -0.4 is 10.9 Å². The summed E-state index contributed by atoms with van der Waals surface area (Å²) in [6.45, 7) is 6.82. The molecule has 1 saturated carbocycles. The Hall–Kier alpha value is -1.90. The second-order valence-corrected chi connectivity index (χ2v) is 9.73. The van der Waals surface area contributed by atoms with Gasteiger partial charge in [0.15, 0.2) is 5.16 Å². The van der Waals surface area contributed by atoms with E-state index in [0.717, 1.165) is 52.1 Å². The minimum atomic E-state index is -0.306. The average molecular weight is 445 g/mol. The highest BCUT2D eigenvalue weighted by Gasteiger charge is 2.23. The minimum Gasteiger partial charge on any atom is -0.379 e. The molecule has 0 spiro atoms. The van der Waals surface area contributed by atoms with Gasteiger partial charge in [-0.2, -0.15) is 0 Å². The summed E-state index contributed by atoms with van der Waals surface area (Å²) in [6, 6.07) is 7.74. The lowest BCUT2D eigenvalue weighted by Crippen LogP contribution is -2.38. The molecule has 168 valence electrons. The largest absolute Gasteiger partial charge is 0.379 e. The number of ether oxygens (including phenoxy) is 1. The summed E-state index contributed by atoms with van der Waals surface area (Å²) in [5.74, 6) is 0.0270. The number of benzene rings is 1. The van der Waals surface area contributed by atoms with Crippen molar-refractivity contribution in [2.45, 2.75) is 62.0 Å². The van der Waals surface area contributed by atoms with E-state index in [-0.39, 0.29) is 22.8 Å². The van der Waals surface area contributed by atoms with Gasteiger partial charge in [0.1, 0.15) is 0 Å². The van der Waals surface area contributed by atoms with Crippen LogP contribution in [-0.2, 0) is 16.1 Å². The first kappa shape index (κ1) is 22.3. The Morgan fingerprint density at radius 1 is 1.23 bits per heavy atom. The number of carbonyl (C=O) groups excluding carboxylic acids is 1. The van der Waals surface area contributed by atoms with Crippen molar-refractivity contribution in [2.75, 3.05) is 32.8 Å². The van der Waals surface area contributed by atoms with Crippen LogP contribution in [0, 0.1) is 0 Å². The molecule has 2 fully saturated rings. The highest BCUT2D eigenvalue weighted by molar-refractivity contribution is 8.00. The van der Waals surface area contributed by atoms with Crippen molar-refractivity contribution in [2.24, 2.45) is 0 Å². The van der Waals surface area contributed by atoms with Gasteiger partial charge in [-0.3, -0.25) is 19.1 Å². The van der Waals surface area contributed by atoms with Crippen LogP contribution in [0.3, 0.4) is 0 Å². The van der Waals surface area contributed by atoms with E-state index in [1.165, 1.54) is 24.6 Å². The van der Waals surface area contributed by atoms with E-state index in [1.807, 2.05) is 31.2 Å². The average Bonchev–Trinajstić information content (AvgIpc) is 3.29. The molecule has 1 aliphatic carbocycles. The summed E-state index contributed by atoms with van der Waals surface area (Å²) >= 11 is 1.38. The van der Waals surface area contributed by atoms with Gasteiger partial charge in [0.05, 0.1) is 29.4 Å². The van der Waals surface area contributed by atoms with Gasteiger partial charge >= 0.3 is 0 Å². The Morgan fingerprint density at radius 3 is 2.74 bits per heavy atom. The van der Waals surface area contributed by atoms with Crippen LogP contribution in [0.2, 0.25) is 0 Å². The Labute approximate surface area is 187 Å². The summed E-state index contributed by atoms with van der Waals surface area (Å²) in [4.78, 5) is 33.1. The molecule has 1 aromatic heterocycles. The quantitative estimate of drug-likeness (QED) is 0.498. The molecule has 1 saturated heterocycles. The fourth-order valence-electron chi connectivity index (χ4n) is 4.31. The molecule has 7 nitrogen and oxygen atoms in total. The van der Waals surface area contributed by atoms with Crippen LogP contribution in [-0.4, -0.2) is 64.5 Å². The molecule has 1 atom stereocenters. The first-order valence-electron chi connectivity index (χ1n) is 11.4. The molecular formula is C23H32N4O3S. The molecule has 1 aliphatic heterocycles. The molecule has 8 heteroatoms. The Balaban J connectivity index is 1.50. The van der Waals surface area contributed by atoms with Gasteiger partial charge in [0, 0.05) is 32.2 Å². The Kier molecular flexibility index (Phi) is 7.63. The van der Waals surface area contributed by atoms with Crippen LogP contribution in [0.1, 0.15) is 39.0 Å². The maximum atomic E-state index is 13.2. The van der Waals surface area contributed by atoms with Gasteiger partial charge in [-0.1, -0.05) is 36.7 Å². The Morgan fingerprint density at radius 2 is 1.97 bits per heavy atom. The van der Waals surface area contributed by atoms with Gasteiger partial charge < -0.3 is 10.1 Å². The predicted molar refractivity (Wildman–Crippen MR) is 124 cm³/mol. The summed E-state index contributed by atoms with van der Waals surface area (Å²) in [7, 11) is 0. The number of morpholine rings is 1. The van der Waals surface area contributed by atoms with Crippen LogP contribution in [0.15, 0.2) is 34.2 Å². The lowest BCUT2D eigenvalue weighted by molar-refractivity contribution is -0.120. The monoisotopic (exact) mass is 444 g/mol. The number of para-hydroxylation sites is 1. The molecule has 2 aromatic rings. The molecule has 1 N–H and O–H groups in total. The zero-order valence-corrected chi connectivity index (χ0v) is 19.0. The maximum Gasteiger partial charge on any atom is 0.262 e. The SMILES string of the molecule is C[C@H](Sc1nc2ccccc2c(=O)n1CCCN1CCOCC1)C(=O)NC1CCCC1. The number of hydrogen-bond acceptors (Lipinski definition) is 6. The third-order valence-corrected chi connectivity index (χ3v) is 7.23. The zero-order valence-electron chi connectivity index (χ0n) is 18.2. The number of nitrogens with zero attached hydrogens (tertiary/aromatic N) is 3. The molecule has 2 heterocycles. The normalized spacial score (nSPS) is 19.0. The van der Waals surface area contributed by atoms with Gasteiger partial charge in [0.25, 0.3) is 5.56 Å². The van der Waals surface area contributed by atoms with Crippen molar-refractivity contribution in [3.05, 3.63) is 34.6 Å². The van der Waals surface area contributed by atoms with Crippen LogP contribution in [0.5, 0.6) is 0 Å². The fourth-order valence-corrected chi connectivity index (χ4v) is 5.26. The van der Waals surface area contributed by atoms with Crippen molar-refractivity contribution < 1.29 is 9.53 Å². The molecule has 1 aromatic carbocycles. The smallest absolute Gasteiger partial charge is 0.262 e. The second kappa shape index (κ2) is 10.6. The van der Waals surface area contributed by atoms with E-state index in [9.17, 15) is 9.59 Å². The van der Waals surface area contributed by atoms with Crippen LogP contribution in [0.25, 0.3) is 10.9 Å². The number of amides is 1. The van der Waals surface area contributed by atoms with Crippen molar-refractivity contribution in [1.29, 1.82) is 0 Å². The molecule has 0 unspecified atom stereocenters. The number of hydrogen-bond donors (Lipinski definition) is 1. The van der Waals surface area contributed by atoms with Gasteiger partial charge in [0.2, 0.25) is 5.91 Å². The van der Waals surface area contributed by atoms with Crippen molar-refractivity contribution >= 4 is 28.6 Å². The topological polar surface area (TPSA) is 76.5 Å². The number of fused-ring (bicyclic) bond motifs is 1. The van der Waals surface area contributed by atoms with Gasteiger partial charge in [-0.15, -0.1) is 0 Å². The van der Waals surface area contributed by atoms with E-state index in [0.29, 0.717) is 22.6 Å². The van der Waals surface area contributed by atoms with Crippen molar-refractivity contribution in [1.82, 2.24) is 19.8 Å². The van der Waals surface area contributed by atoms with E-state index in [4.69, 9.17) is 9.72 Å². The van der Waals surface area contributed by atoms with Crippen LogP contribution in [0.4, 0.5) is 0 Å². The number of rotatable bonds is 8. The summed E-state index contributed by atoms with van der Waals surface area (Å²) in [6.07, 6.45) is 5.34. The summed E-state index contributed by atoms with van der Waals surface area (Å²) in [5.41, 5.74) is 0.654.